The molecule has 0 spiro atoms. The Balaban J connectivity index is 1.43. The molecular formula is C18H28N2. The van der Waals surface area contributed by atoms with Crippen molar-refractivity contribution in [3.8, 4) is 0 Å². The highest BCUT2D eigenvalue weighted by molar-refractivity contribution is 5.14. The number of piperidine rings is 1. The minimum atomic E-state index is 0.757. The Morgan fingerprint density at radius 3 is 2.45 bits per heavy atom. The molecule has 1 aromatic carbocycles. The van der Waals surface area contributed by atoms with Crippen molar-refractivity contribution in [3.63, 3.8) is 0 Å². The minimum absolute atomic E-state index is 0.757. The monoisotopic (exact) mass is 272 g/mol. The van der Waals surface area contributed by atoms with Crippen LogP contribution in [0.5, 0.6) is 0 Å². The van der Waals surface area contributed by atoms with E-state index in [-0.39, 0.29) is 0 Å². The Labute approximate surface area is 123 Å². The van der Waals surface area contributed by atoms with E-state index in [1.165, 1.54) is 50.8 Å². The van der Waals surface area contributed by atoms with Gasteiger partial charge in [0.25, 0.3) is 0 Å². The molecule has 1 saturated heterocycles. The predicted molar refractivity (Wildman–Crippen MR) is 84.7 cm³/mol. The molecule has 1 aliphatic carbocycles. The van der Waals surface area contributed by atoms with Gasteiger partial charge in [0, 0.05) is 18.6 Å². The molecule has 110 valence electrons. The average molecular weight is 272 g/mol. The first-order valence-electron chi connectivity index (χ1n) is 8.33. The van der Waals surface area contributed by atoms with E-state index in [1.807, 2.05) is 0 Å². The molecular weight excluding hydrogens is 244 g/mol. The summed E-state index contributed by atoms with van der Waals surface area (Å²) in [4.78, 5) is 2.60. The second kappa shape index (κ2) is 6.73. The van der Waals surface area contributed by atoms with Crippen LogP contribution in [0, 0.1) is 5.92 Å². The van der Waals surface area contributed by atoms with Crippen LogP contribution in [0.2, 0.25) is 0 Å². The molecule has 2 atom stereocenters. The summed E-state index contributed by atoms with van der Waals surface area (Å²) in [7, 11) is 0. The SMILES string of the molecule is CC1CCCC1NC1CCN(Cc2ccccc2)CC1. The third-order valence-electron chi connectivity index (χ3n) is 5.15. The second-order valence-corrected chi connectivity index (χ2v) is 6.72. The van der Waals surface area contributed by atoms with Crippen LogP contribution in [-0.2, 0) is 6.54 Å². The zero-order chi connectivity index (χ0) is 13.8. The van der Waals surface area contributed by atoms with Crippen molar-refractivity contribution in [2.24, 2.45) is 5.92 Å². The van der Waals surface area contributed by atoms with E-state index < -0.39 is 0 Å². The molecule has 0 amide bonds. The van der Waals surface area contributed by atoms with Gasteiger partial charge in [-0.05, 0) is 50.3 Å². The number of rotatable bonds is 4. The lowest BCUT2D eigenvalue weighted by atomic mass is 10.00. The molecule has 0 bridgehead atoms. The zero-order valence-electron chi connectivity index (χ0n) is 12.7. The summed E-state index contributed by atoms with van der Waals surface area (Å²) in [6.45, 7) is 6.02. The van der Waals surface area contributed by atoms with E-state index >= 15 is 0 Å². The average Bonchev–Trinajstić information content (AvgIpc) is 2.88. The van der Waals surface area contributed by atoms with E-state index in [9.17, 15) is 0 Å². The Bertz CT molecular complexity index is 395. The lowest BCUT2D eigenvalue weighted by molar-refractivity contribution is 0.179. The molecule has 1 saturated carbocycles. The molecule has 2 unspecified atom stereocenters. The number of hydrogen-bond donors (Lipinski definition) is 1. The lowest BCUT2D eigenvalue weighted by Crippen LogP contribution is -2.46. The zero-order valence-corrected chi connectivity index (χ0v) is 12.7. The molecule has 2 aliphatic rings. The molecule has 0 radical (unpaired) electrons. The van der Waals surface area contributed by atoms with Crippen molar-refractivity contribution in [3.05, 3.63) is 35.9 Å². The summed E-state index contributed by atoms with van der Waals surface area (Å²) in [5, 5.41) is 3.93. The van der Waals surface area contributed by atoms with Crippen molar-refractivity contribution in [1.82, 2.24) is 10.2 Å². The van der Waals surface area contributed by atoms with Gasteiger partial charge in [0.05, 0.1) is 0 Å². The molecule has 0 aromatic heterocycles. The molecule has 20 heavy (non-hydrogen) atoms. The fraction of sp³-hybridized carbons (Fsp3) is 0.667. The number of benzene rings is 1. The fourth-order valence-electron chi connectivity index (χ4n) is 3.80. The van der Waals surface area contributed by atoms with Crippen molar-refractivity contribution in [1.29, 1.82) is 0 Å². The highest BCUT2D eigenvalue weighted by Crippen LogP contribution is 2.26. The van der Waals surface area contributed by atoms with Gasteiger partial charge in [-0.1, -0.05) is 43.7 Å². The Hall–Kier alpha value is -0.860. The van der Waals surface area contributed by atoms with Gasteiger partial charge >= 0.3 is 0 Å². The Morgan fingerprint density at radius 1 is 1.05 bits per heavy atom. The standard InChI is InChI=1S/C18H28N2/c1-15-6-5-9-18(15)19-17-10-12-20(13-11-17)14-16-7-3-2-4-8-16/h2-4,7-8,15,17-19H,5-6,9-14H2,1H3. The lowest BCUT2D eigenvalue weighted by Gasteiger charge is -2.34. The smallest absolute Gasteiger partial charge is 0.0233 e. The van der Waals surface area contributed by atoms with Gasteiger partial charge < -0.3 is 5.32 Å². The first-order valence-corrected chi connectivity index (χ1v) is 8.33. The van der Waals surface area contributed by atoms with Gasteiger partial charge in [0.1, 0.15) is 0 Å². The van der Waals surface area contributed by atoms with Gasteiger partial charge in [-0.15, -0.1) is 0 Å². The molecule has 1 heterocycles. The molecule has 2 fully saturated rings. The van der Waals surface area contributed by atoms with Crippen LogP contribution in [0.15, 0.2) is 30.3 Å². The molecule has 2 nitrogen and oxygen atoms in total. The Morgan fingerprint density at radius 2 is 1.80 bits per heavy atom. The van der Waals surface area contributed by atoms with Crippen LogP contribution in [-0.4, -0.2) is 30.1 Å². The van der Waals surface area contributed by atoms with E-state index in [0.29, 0.717) is 0 Å². The third-order valence-corrected chi connectivity index (χ3v) is 5.15. The van der Waals surface area contributed by atoms with Gasteiger partial charge in [-0.25, -0.2) is 0 Å². The number of nitrogens with one attached hydrogen (secondary N) is 1. The van der Waals surface area contributed by atoms with E-state index in [1.54, 1.807) is 0 Å². The summed E-state index contributed by atoms with van der Waals surface area (Å²) in [6, 6.07) is 12.4. The second-order valence-electron chi connectivity index (χ2n) is 6.72. The molecule has 1 aliphatic heterocycles. The van der Waals surface area contributed by atoms with E-state index in [0.717, 1.165) is 24.5 Å². The quantitative estimate of drug-likeness (QED) is 0.903. The molecule has 3 rings (SSSR count). The van der Waals surface area contributed by atoms with Crippen LogP contribution in [0.3, 0.4) is 0 Å². The van der Waals surface area contributed by atoms with Crippen LogP contribution < -0.4 is 5.32 Å². The van der Waals surface area contributed by atoms with Crippen LogP contribution in [0.4, 0.5) is 0 Å². The summed E-state index contributed by atoms with van der Waals surface area (Å²) >= 11 is 0. The van der Waals surface area contributed by atoms with Gasteiger partial charge in [-0.3, -0.25) is 4.90 Å². The molecule has 1 N–H and O–H groups in total. The Kier molecular flexibility index (Phi) is 4.74. The number of hydrogen-bond acceptors (Lipinski definition) is 2. The van der Waals surface area contributed by atoms with Crippen molar-refractivity contribution in [2.75, 3.05) is 13.1 Å². The highest BCUT2D eigenvalue weighted by atomic mass is 15.1. The van der Waals surface area contributed by atoms with E-state index in [2.05, 4.69) is 47.5 Å². The maximum Gasteiger partial charge on any atom is 0.0233 e. The summed E-state index contributed by atoms with van der Waals surface area (Å²) in [6.07, 6.45) is 6.87. The summed E-state index contributed by atoms with van der Waals surface area (Å²) in [5.74, 6) is 0.886. The fourth-order valence-corrected chi connectivity index (χ4v) is 3.80. The minimum Gasteiger partial charge on any atom is -0.311 e. The van der Waals surface area contributed by atoms with E-state index in [4.69, 9.17) is 0 Å². The van der Waals surface area contributed by atoms with Crippen LogP contribution in [0.25, 0.3) is 0 Å². The summed E-state index contributed by atoms with van der Waals surface area (Å²) < 4.78 is 0. The third kappa shape index (κ3) is 3.62. The number of nitrogens with zero attached hydrogens (tertiary/aromatic N) is 1. The number of likely N-dealkylation sites (tertiary alicyclic amines) is 1. The largest absolute Gasteiger partial charge is 0.311 e. The maximum absolute atomic E-state index is 3.93. The van der Waals surface area contributed by atoms with Crippen LogP contribution >= 0.6 is 0 Å². The maximum atomic E-state index is 3.93. The first-order chi connectivity index (χ1) is 9.81. The predicted octanol–water partition coefficient (Wildman–Crippen LogP) is 3.43. The highest BCUT2D eigenvalue weighted by Gasteiger charge is 2.27. The van der Waals surface area contributed by atoms with Crippen molar-refractivity contribution >= 4 is 0 Å². The van der Waals surface area contributed by atoms with Gasteiger partial charge in [0.2, 0.25) is 0 Å². The van der Waals surface area contributed by atoms with Crippen molar-refractivity contribution < 1.29 is 0 Å². The molecule has 2 heteroatoms. The van der Waals surface area contributed by atoms with Crippen molar-refractivity contribution in [2.45, 2.75) is 57.7 Å². The normalized spacial score (nSPS) is 28.9. The first kappa shape index (κ1) is 14.1. The van der Waals surface area contributed by atoms with Gasteiger partial charge in [-0.2, -0.15) is 0 Å². The molecule has 1 aromatic rings. The summed E-state index contributed by atoms with van der Waals surface area (Å²) in [5.41, 5.74) is 1.45. The van der Waals surface area contributed by atoms with Gasteiger partial charge in [0.15, 0.2) is 0 Å². The topological polar surface area (TPSA) is 15.3 Å². The van der Waals surface area contributed by atoms with Crippen LogP contribution in [0.1, 0.15) is 44.6 Å².